The van der Waals surface area contributed by atoms with E-state index in [-0.39, 0.29) is 24.4 Å². The molecule has 0 aliphatic heterocycles. The van der Waals surface area contributed by atoms with E-state index in [1.165, 1.54) is 23.1 Å². The molecule has 8 nitrogen and oxygen atoms in total. The van der Waals surface area contributed by atoms with Gasteiger partial charge in [0.25, 0.3) is 0 Å². The average molecular weight is 596 g/mol. The second-order valence-electron chi connectivity index (χ2n) is 8.87. The van der Waals surface area contributed by atoms with Crippen LogP contribution in [0.3, 0.4) is 0 Å². The van der Waals surface area contributed by atoms with Crippen molar-refractivity contribution in [3.8, 4) is 5.75 Å². The number of rotatable bonds is 11. The van der Waals surface area contributed by atoms with Crippen molar-refractivity contribution in [2.24, 2.45) is 0 Å². The number of aromatic nitrogens is 3. The molecule has 202 valence electrons. The van der Waals surface area contributed by atoms with Crippen molar-refractivity contribution in [1.82, 2.24) is 14.8 Å². The fourth-order valence-electron chi connectivity index (χ4n) is 4.02. The zero-order valence-corrected chi connectivity index (χ0v) is 24.2. The number of fused-ring (bicyclic) bond motifs is 1. The summed E-state index contributed by atoms with van der Waals surface area (Å²) in [6.07, 6.45) is 5.29. The van der Waals surface area contributed by atoms with Gasteiger partial charge in [-0.05, 0) is 63.3 Å². The number of aryl methyl sites for hydroxylation is 1. The monoisotopic (exact) mass is 594 g/mol. The molecule has 4 rings (SSSR count). The summed E-state index contributed by atoms with van der Waals surface area (Å²) in [4.78, 5) is 26.9. The lowest BCUT2D eigenvalue weighted by molar-refractivity contribution is -0.113. The molecule has 2 aromatic heterocycles. The fourth-order valence-corrected chi connectivity index (χ4v) is 6.54. The molecule has 1 aliphatic rings. The molecule has 12 heteroatoms. The number of nitrogens with zero attached hydrogens (tertiary/aromatic N) is 3. The van der Waals surface area contributed by atoms with Gasteiger partial charge in [-0.25, -0.2) is 4.79 Å². The van der Waals surface area contributed by atoms with Gasteiger partial charge in [-0.2, -0.15) is 0 Å². The van der Waals surface area contributed by atoms with Crippen molar-refractivity contribution in [3.05, 3.63) is 62.7 Å². The van der Waals surface area contributed by atoms with Gasteiger partial charge in [-0.15, -0.1) is 28.1 Å². The lowest BCUT2D eigenvalue weighted by Gasteiger charge is -2.14. The number of carbonyl (C=O) groups excluding carboxylic acids is 2. The second-order valence-corrected chi connectivity index (χ2v) is 11.8. The minimum Gasteiger partial charge on any atom is -0.484 e. The zero-order valence-electron chi connectivity index (χ0n) is 21.1. The number of amides is 1. The van der Waals surface area contributed by atoms with E-state index in [9.17, 15) is 9.59 Å². The van der Waals surface area contributed by atoms with E-state index in [0.717, 1.165) is 36.1 Å². The van der Waals surface area contributed by atoms with Gasteiger partial charge in [0.15, 0.2) is 11.0 Å². The molecule has 0 saturated heterocycles. The lowest BCUT2D eigenvalue weighted by atomic mass is 9.95. The molecule has 0 atom stereocenters. The number of anilines is 1. The molecule has 3 aromatic rings. The number of nitrogens with one attached hydrogen (secondary N) is 1. The Morgan fingerprint density at radius 3 is 2.79 bits per heavy atom. The molecular weight excluding hydrogens is 567 g/mol. The molecule has 0 bridgehead atoms. The number of carbonyl (C=O) groups is 2. The summed E-state index contributed by atoms with van der Waals surface area (Å²) in [5, 5.41) is 13.4. The predicted molar refractivity (Wildman–Crippen MR) is 152 cm³/mol. The minimum absolute atomic E-state index is 0.0837. The van der Waals surface area contributed by atoms with Crippen molar-refractivity contribution in [1.29, 1.82) is 0 Å². The Labute approximate surface area is 239 Å². The Kier molecular flexibility index (Phi) is 9.75. The summed E-state index contributed by atoms with van der Waals surface area (Å²) in [5.41, 5.74) is 1.50. The first-order valence-corrected chi connectivity index (χ1v) is 14.7. The zero-order chi connectivity index (χ0) is 27.2. The van der Waals surface area contributed by atoms with Gasteiger partial charge in [-0.1, -0.05) is 41.0 Å². The Hall–Kier alpha value is -2.53. The van der Waals surface area contributed by atoms with Crippen LogP contribution in [0.15, 0.2) is 36.0 Å². The van der Waals surface area contributed by atoms with Crippen molar-refractivity contribution in [2.75, 3.05) is 11.1 Å². The topological polar surface area (TPSA) is 95.3 Å². The maximum atomic E-state index is 12.9. The molecule has 1 aliphatic carbocycles. The average Bonchev–Trinajstić information content (AvgIpc) is 3.42. The van der Waals surface area contributed by atoms with Crippen LogP contribution >= 0.6 is 46.3 Å². The smallest absolute Gasteiger partial charge is 0.341 e. The summed E-state index contributed by atoms with van der Waals surface area (Å²) in [5.74, 6) is 0.483. The van der Waals surface area contributed by atoms with Gasteiger partial charge in [0.2, 0.25) is 5.91 Å². The first-order valence-electron chi connectivity index (χ1n) is 12.2. The molecular formula is C26H28Cl2N4O4S2. The highest BCUT2D eigenvalue weighted by molar-refractivity contribution is 7.99. The van der Waals surface area contributed by atoms with Gasteiger partial charge in [-0.3, -0.25) is 9.36 Å². The number of hydrogen-bond acceptors (Lipinski definition) is 8. The highest BCUT2D eigenvalue weighted by Gasteiger charge is 2.28. The Morgan fingerprint density at radius 1 is 1.26 bits per heavy atom. The molecule has 1 aromatic carbocycles. The van der Waals surface area contributed by atoms with Gasteiger partial charge < -0.3 is 14.8 Å². The Bertz CT molecular complexity index is 1340. The summed E-state index contributed by atoms with van der Waals surface area (Å²) < 4.78 is 13.1. The summed E-state index contributed by atoms with van der Waals surface area (Å²) in [6.45, 7) is 7.99. The third kappa shape index (κ3) is 6.91. The van der Waals surface area contributed by atoms with Crippen LogP contribution in [-0.2, 0) is 35.5 Å². The number of allylic oxidation sites excluding steroid dienone is 1. The number of thiophene rings is 1. The van der Waals surface area contributed by atoms with Crippen LogP contribution in [0.4, 0.5) is 5.00 Å². The molecule has 0 saturated carbocycles. The number of benzene rings is 1. The van der Waals surface area contributed by atoms with E-state index < -0.39 is 5.97 Å². The highest BCUT2D eigenvalue weighted by atomic mass is 35.5. The normalized spacial score (nSPS) is 12.8. The van der Waals surface area contributed by atoms with Gasteiger partial charge in [0.1, 0.15) is 17.4 Å². The molecule has 38 heavy (non-hydrogen) atoms. The van der Waals surface area contributed by atoms with Crippen LogP contribution in [0.5, 0.6) is 5.75 Å². The van der Waals surface area contributed by atoms with Crippen LogP contribution in [-0.4, -0.2) is 38.5 Å². The van der Waals surface area contributed by atoms with Crippen molar-refractivity contribution < 1.29 is 19.1 Å². The first kappa shape index (κ1) is 28.5. The molecule has 1 amide bonds. The van der Waals surface area contributed by atoms with Gasteiger partial charge >= 0.3 is 5.97 Å². The van der Waals surface area contributed by atoms with Crippen LogP contribution in [0.25, 0.3) is 0 Å². The molecule has 2 heterocycles. The predicted octanol–water partition coefficient (Wildman–Crippen LogP) is 6.59. The minimum atomic E-state index is -0.390. The van der Waals surface area contributed by atoms with E-state index in [2.05, 4.69) is 22.1 Å². The fraction of sp³-hybridized carbons (Fsp3) is 0.385. The maximum Gasteiger partial charge on any atom is 0.341 e. The number of hydrogen-bond donors (Lipinski definition) is 1. The lowest BCUT2D eigenvalue weighted by Crippen LogP contribution is -2.19. The van der Waals surface area contributed by atoms with Crippen molar-refractivity contribution in [3.63, 3.8) is 0 Å². The van der Waals surface area contributed by atoms with E-state index in [0.29, 0.717) is 43.9 Å². The SMILES string of the molecule is C=CCn1c(COc2ccc(Cl)cc2Cl)nnc1SCC(=O)Nc1sc2c(c1C(=O)OC(C)C)CCCC2. The molecule has 0 radical (unpaired) electrons. The number of ether oxygens (including phenoxy) is 2. The highest BCUT2D eigenvalue weighted by Crippen LogP contribution is 2.39. The number of thioether (sulfide) groups is 1. The second kappa shape index (κ2) is 13.0. The van der Waals surface area contributed by atoms with Crippen molar-refractivity contribution in [2.45, 2.75) is 63.9 Å². The van der Waals surface area contributed by atoms with E-state index in [1.807, 2.05) is 18.4 Å². The molecule has 0 fully saturated rings. The summed E-state index contributed by atoms with van der Waals surface area (Å²) in [6, 6.07) is 4.98. The Balaban J connectivity index is 1.43. The van der Waals surface area contributed by atoms with E-state index in [1.54, 1.807) is 24.3 Å². The van der Waals surface area contributed by atoms with Crippen molar-refractivity contribution >= 4 is 63.2 Å². The largest absolute Gasteiger partial charge is 0.484 e. The maximum absolute atomic E-state index is 12.9. The van der Waals surface area contributed by atoms with Crippen LogP contribution in [0.1, 0.15) is 53.3 Å². The first-order chi connectivity index (χ1) is 18.3. The molecule has 0 spiro atoms. The van der Waals surface area contributed by atoms with Gasteiger partial charge in [0, 0.05) is 16.4 Å². The quantitative estimate of drug-likeness (QED) is 0.152. The van der Waals surface area contributed by atoms with E-state index in [4.69, 9.17) is 32.7 Å². The summed E-state index contributed by atoms with van der Waals surface area (Å²) in [7, 11) is 0. The Morgan fingerprint density at radius 2 is 2.05 bits per heavy atom. The third-order valence-electron chi connectivity index (χ3n) is 5.66. The summed E-state index contributed by atoms with van der Waals surface area (Å²) >= 11 is 14.9. The number of halogens is 2. The van der Waals surface area contributed by atoms with Gasteiger partial charge in [0.05, 0.1) is 22.4 Å². The third-order valence-corrected chi connectivity index (χ3v) is 8.36. The van der Waals surface area contributed by atoms with Crippen LogP contribution in [0, 0.1) is 0 Å². The molecule has 1 N–H and O–H groups in total. The number of esters is 1. The van der Waals surface area contributed by atoms with E-state index >= 15 is 0 Å². The standard InChI is InChI=1S/C26H28Cl2N4O4S2/c1-4-11-32-21(13-35-19-10-9-16(27)12-18(19)28)30-31-26(32)37-14-22(33)29-24-23(25(34)36-15(2)3)17-7-5-6-8-20(17)38-24/h4,9-10,12,15H,1,5-8,11,13-14H2,2-3H3,(H,29,33). The van der Waals surface area contributed by atoms with Crippen LogP contribution in [0.2, 0.25) is 10.0 Å². The van der Waals surface area contributed by atoms with Crippen LogP contribution < -0.4 is 10.1 Å². The molecule has 0 unspecified atom stereocenters.